The Bertz CT molecular complexity index is 647. The molecule has 1 unspecified atom stereocenters. The minimum absolute atomic E-state index is 0.0768. The number of fused-ring (bicyclic) bond motifs is 1. The van der Waals surface area contributed by atoms with Crippen LogP contribution in [0.15, 0.2) is 17.1 Å². The maximum absolute atomic E-state index is 12.0. The fourth-order valence-corrected chi connectivity index (χ4v) is 2.20. The van der Waals surface area contributed by atoms with E-state index in [9.17, 15) is 9.59 Å². The molecule has 1 aromatic rings. The van der Waals surface area contributed by atoms with E-state index in [1.54, 1.807) is 0 Å². The van der Waals surface area contributed by atoms with E-state index < -0.39 is 0 Å². The second-order valence-electron chi connectivity index (χ2n) is 4.94. The normalized spacial score (nSPS) is 17.2. The van der Waals surface area contributed by atoms with Crippen LogP contribution in [0, 0.1) is 19.8 Å². The van der Waals surface area contributed by atoms with E-state index in [0.717, 1.165) is 21.7 Å². The quantitative estimate of drug-likeness (QED) is 0.852. The van der Waals surface area contributed by atoms with Gasteiger partial charge in [-0.25, -0.2) is 4.99 Å². The highest BCUT2D eigenvalue weighted by atomic mass is 16.2. The largest absolute Gasteiger partial charge is 0.356 e. The fourth-order valence-electron chi connectivity index (χ4n) is 2.20. The van der Waals surface area contributed by atoms with Crippen molar-refractivity contribution in [3.63, 3.8) is 0 Å². The lowest BCUT2D eigenvalue weighted by Crippen LogP contribution is -2.37. The van der Waals surface area contributed by atoms with Gasteiger partial charge in [-0.15, -0.1) is 0 Å². The predicted octanol–water partition coefficient (Wildman–Crippen LogP) is 0.386. The van der Waals surface area contributed by atoms with Gasteiger partial charge in [0.1, 0.15) is 0 Å². The highest BCUT2D eigenvalue weighted by molar-refractivity contribution is 5.86. The van der Waals surface area contributed by atoms with Crippen LogP contribution in [0.1, 0.15) is 24.5 Å². The van der Waals surface area contributed by atoms with Crippen molar-refractivity contribution in [2.24, 2.45) is 10.9 Å². The molecular formula is C15H18N2O2. The standard InChI is InChI=1S/C15H18N2O2/c1-9-4-5-12-8-13(6-7-16-11(3)18)15(19)17-14(12)10(9)2/h4-5,8,13H,6-7H2,1-3H3,(H,16,18). The maximum atomic E-state index is 12.0. The van der Waals surface area contributed by atoms with Gasteiger partial charge in [0.05, 0.1) is 11.3 Å². The van der Waals surface area contributed by atoms with Gasteiger partial charge in [0, 0.05) is 13.5 Å². The van der Waals surface area contributed by atoms with E-state index in [1.807, 2.05) is 32.1 Å². The molecular weight excluding hydrogens is 240 g/mol. The first-order valence-electron chi connectivity index (χ1n) is 6.44. The van der Waals surface area contributed by atoms with Crippen LogP contribution < -0.4 is 15.9 Å². The zero-order chi connectivity index (χ0) is 14.0. The van der Waals surface area contributed by atoms with E-state index in [2.05, 4.69) is 10.3 Å². The molecule has 1 atom stereocenters. The first kappa shape index (κ1) is 13.5. The van der Waals surface area contributed by atoms with Gasteiger partial charge in [0.15, 0.2) is 0 Å². The van der Waals surface area contributed by atoms with Crippen LogP contribution in [0.5, 0.6) is 0 Å². The Kier molecular flexibility index (Phi) is 3.79. The van der Waals surface area contributed by atoms with Crippen molar-refractivity contribution in [2.75, 3.05) is 6.54 Å². The number of benzene rings is 1. The topological polar surface area (TPSA) is 58.5 Å². The van der Waals surface area contributed by atoms with Gasteiger partial charge in [-0.1, -0.05) is 18.2 Å². The molecule has 0 fully saturated rings. The Morgan fingerprint density at radius 1 is 1.37 bits per heavy atom. The maximum Gasteiger partial charge on any atom is 0.253 e. The second-order valence-corrected chi connectivity index (χ2v) is 4.94. The molecule has 0 spiro atoms. The van der Waals surface area contributed by atoms with Gasteiger partial charge in [0.2, 0.25) is 5.91 Å². The molecule has 0 aromatic heterocycles. The number of carbonyl (C=O) groups excluding carboxylic acids is 2. The zero-order valence-electron chi connectivity index (χ0n) is 11.5. The minimum atomic E-state index is -0.235. The summed E-state index contributed by atoms with van der Waals surface area (Å²) in [5.74, 6) is -0.430. The lowest BCUT2D eigenvalue weighted by Gasteiger charge is -2.13. The molecule has 100 valence electrons. The van der Waals surface area contributed by atoms with E-state index >= 15 is 0 Å². The SMILES string of the molecule is CC(=O)NCCC1C=c2ccc(C)c(C)c2=NC1=O. The summed E-state index contributed by atoms with van der Waals surface area (Å²) in [4.78, 5) is 27.0. The molecule has 4 nitrogen and oxygen atoms in total. The third-order valence-electron chi connectivity index (χ3n) is 3.48. The van der Waals surface area contributed by atoms with Gasteiger partial charge >= 0.3 is 0 Å². The van der Waals surface area contributed by atoms with Crippen LogP contribution in [0.4, 0.5) is 0 Å². The van der Waals surface area contributed by atoms with Crippen LogP contribution in [0.25, 0.3) is 6.08 Å². The van der Waals surface area contributed by atoms with Crippen LogP contribution >= 0.6 is 0 Å². The van der Waals surface area contributed by atoms with Gasteiger partial charge in [-0.2, -0.15) is 0 Å². The fraction of sp³-hybridized carbons (Fsp3) is 0.400. The van der Waals surface area contributed by atoms with E-state index in [0.29, 0.717) is 13.0 Å². The smallest absolute Gasteiger partial charge is 0.253 e. The summed E-state index contributed by atoms with van der Waals surface area (Å²) in [5.41, 5.74) is 2.20. The lowest BCUT2D eigenvalue weighted by atomic mass is 9.98. The van der Waals surface area contributed by atoms with Crippen molar-refractivity contribution in [2.45, 2.75) is 27.2 Å². The Hall–Kier alpha value is -1.97. The van der Waals surface area contributed by atoms with Crippen molar-refractivity contribution in [3.05, 3.63) is 33.8 Å². The second kappa shape index (κ2) is 5.34. The molecule has 2 rings (SSSR count). The van der Waals surface area contributed by atoms with Crippen molar-refractivity contribution >= 4 is 17.9 Å². The van der Waals surface area contributed by atoms with Crippen LogP contribution in [-0.4, -0.2) is 18.4 Å². The third-order valence-corrected chi connectivity index (χ3v) is 3.48. The van der Waals surface area contributed by atoms with Crippen LogP contribution in [-0.2, 0) is 9.59 Å². The lowest BCUT2D eigenvalue weighted by molar-refractivity contribution is -0.121. The number of hydrogen-bond acceptors (Lipinski definition) is 2. The van der Waals surface area contributed by atoms with Gasteiger partial charge in [0.25, 0.3) is 5.91 Å². The molecule has 1 N–H and O–H groups in total. The van der Waals surface area contributed by atoms with E-state index in [-0.39, 0.29) is 17.7 Å². The number of rotatable bonds is 3. The van der Waals surface area contributed by atoms with E-state index in [4.69, 9.17) is 0 Å². The molecule has 0 saturated heterocycles. The van der Waals surface area contributed by atoms with Gasteiger partial charge < -0.3 is 5.32 Å². The highest BCUT2D eigenvalue weighted by Crippen LogP contribution is 2.09. The van der Waals surface area contributed by atoms with E-state index in [1.165, 1.54) is 6.92 Å². The Labute approximate surface area is 112 Å². The Morgan fingerprint density at radius 3 is 2.79 bits per heavy atom. The molecule has 19 heavy (non-hydrogen) atoms. The van der Waals surface area contributed by atoms with Crippen LogP contribution in [0.2, 0.25) is 0 Å². The number of amides is 2. The molecule has 1 aliphatic heterocycles. The van der Waals surface area contributed by atoms with Crippen molar-refractivity contribution < 1.29 is 9.59 Å². The monoisotopic (exact) mass is 258 g/mol. The first-order chi connectivity index (χ1) is 8.99. The summed E-state index contributed by atoms with van der Waals surface area (Å²) in [6.45, 7) is 5.96. The summed E-state index contributed by atoms with van der Waals surface area (Å²) in [5, 5.41) is 4.51. The van der Waals surface area contributed by atoms with Crippen molar-refractivity contribution in [1.29, 1.82) is 0 Å². The van der Waals surface area contributed by atoms with Gasteiger partial charge in [-0.3, -0.25) is 9.59 Å². The summed E-state index contributed by atoms with van der Waals surface area (Å²) in [7, 11) is 0. The Balaban J connectivity index is 2.27. The number of nitrogens with zero attached hydrogens (tertiary/aromatic N) is 1. The van der Waals surface area contributed by atoms with Gasteiger partial charge in [-0.05, 0) is 36.6 Å². The zero-order valence-corrected chi connectivity index (χ0v) is 11.5. The number of nitrogens with one attached hydrogen (secondary N) is 1. The summed E-state index contributed by atoms with van der Waals surface area (Å²) >= 11 is 0. The van der Waals surface area contributed by atoms with Crippen molar-refractivity contribution in [3.8, 4) is 0 Å². The molecule has 0 radical (unpaired) electrons. The molecule has 4 heteroatoms. The minimum Gasteiger partial charge on any atom is -0.356 e. The third kappa shape index (κ3) is 2.89. The summed E-state index contributed by atoms with van der Waals surface area (Å²) in [6, 6.07) is 4.04. The predicted molar refractivity (Wildman–Crippen MR) is 73.0 cm³/mol. The molecule has 0 bridgehead atoms. The number of hydrogen-bond donors (Lipinski definition) is 1. The average molecular weight is 258 g/mol. The van der Waals surface area contributed by atoms with Crippen molar-refractivity contribution in [1.82, 2.24) is 5.32 Å². The Morgan fingerprint density at radius 2 is 2.11 bits per heavy atom. The first-order valence-corrected chi connectivity index (χ1v) is 6.44. The average Bonchev–Trinajstić information content (AvgIpc) is 2.35. The van der Waals surface area contributed by atoms with Crippen LogP contribution in [0.3, 0.4) is 0 Å². The molecule has 1 heterocycles. The summed E-state index contributed by atoms with van der Waals surface area (Å²) < 4.78 is 0. The number of aryl methyl sites for hydroxylation is 1. The molecule has 0 saturated carbocycles. The number of carbonyl (C=O) groups is 2. The molecule has 1 aliphatic rings. The molecule has 1 aromatic carbocycles. The highest BCUT2D eigenvalue weighted by Gasteiger charge is 2.18. The molecule has 2 amide bonds. The molecule has 0 aliphatic carbocycles. The summed E-state index contributed by atoms with van der Waals surface area (Å²) in [6.07, 6.45) is 2.55.